The summed E-state index contributed by atoms with van der Waals surface area (Å²) in [7, 11) is 0. The number of nitrogen functional groups attached to an aromatic ring is 1. The summed E-state index contributed by atoms with van der Waals surface area (Å²) in [5.41, 5.74) is 10.0. The third kappa shape index (κ3) is 3.94. The third-order valence-corrected chi connectivity index (χ3v) is 7.15. The summed E-state index contributed by atoms with van der Waals surface area (Å²) in [4.78, 5) is 24.6. The first-order chi connectivity index (χ1) is 15.9. The summed E-state index contributed by atoms with van der Waals surface area (Å²) in [5, 5.41) is 13.4. The van der Waals surface area contributed by atoms with Crippen molar-refractivity contribution >= 4 is 39.3 Å². The van der Waals surface area contributed by atoms with Gasteiger partial charge in [-0.1, -0.05) is 6.07 Å². The number of alkyl halides is 1. The van der Waals surface area contributed by atoms with Gasteiger partial charge < -0.3 is 15.6 Å². The van der Waals surface area contributed by atoms with Crippen molar-refractivity contribution in [3.8, 4) is 11.1 Å². The van der Waals surface area contributed by atoms with E-state index in [4.69, 9.17) is 20.6 Å². The number of fused-ring (bicyclic) bond motifs is 1. The van der Waals surface area contributed by atoms with E-state index in [0.717, 1.165) is 16.8 Å². The Kier molecular flexibility index (Phi) is 5.73. The first-order valence-corrected chi connectivity index (χ1v) is 11.6. The molecule has 33 heavy (non-hydrogen) atoms. The standard InChI is InChI=1S/C22H22BrFN6O3/c23-16-18(12-3-1-11(2-4-12)17(24)22(31)32)29-20-14(10-28-30(20)19(16)25)13-5-6-15(27-9-13)21-26-7-8-33-21/h5-6,9-12,17H,1-4,7-8,25H2,(H,31,32). The highest BCUT2D eigenvalue weighted by molar-refractivity contribution is 9.10. The molecule has 3 aromatic rings. The number of hydrogen-bond donors (Lipinski definition) is 2. The molecule has 1 fully saturated rings. The number of aliphatic carboxylic acids is 1. The Morgan fingerprint density at radius 2 is 2.06 bits per heavy atom. The molecular formula is C22H22BrFN6O3. The molecule has 0 spiro atoms. The molecule has 0 aromatic carbocycles. The smallest absolute Gasteiger partial charge is 0.338 e. The van der Waals surface area contributed by atoms with Crippen molar-refractivity contribution in [2.75, 3.05) is 18.9 Å². The van der Waals surface area contributed by atoms with E-state index >= 15 is 0 Å². The van der Waals surface area contributed by atoms with E-state index < -0.39 is 18.1 Å². The number of aliphatic imine (C=N–C) groups is 1. The second-order valence-electron chi connectivity index (χ2n) is 8.31. The van der Waals surface area contributed by atoms with Crippen LogP contribution in [0.5, 0.6) is 0 Å². The fraction of sp³-hybridized carbons (Fsp3) is 0.409. The lowest BCUT2D eigenvalue weighted by Crippen LogP contribution is -2.28. The predicted octanol–water partition coefficient (Wildman–Crippen LogP) is 3.61. The third-order valence-electron chi connectivity index (χ3n) is 6.34. The summed E-state index contributed by atoms with van der Waals surface area (Å²) in [6.45, 7) is 1.20. The quantitative estimate of drug-likeness (QED) is 0.529. The van der Waals surface area contributed by atoms with Crippen LogP contribution in [0.15, 0.2) is 34.0 Å². The lowest BCUT2D eigenvalue weighted by Gasteiger charge is -2.29. The number of carboxylic acids is 1. The van der Waals surface area contributed by atoms with E-state index in [2.05, 4.69) is 31.0 Å². The molecule has 1 aliphatic carbocycles. The molecule has 172 valence electrons. The average molecular weight is 517 g/mol. The van der Waals surface area contributed by atoms with Crippen LogP contribution in [0.3, 0.4) is 0 Å². The molecule has 0 bridgehead atoms. The van der Waals surface area contributed by atoms with Gasteiger partial charge in [0, 0.05) is 29.2 Å². The van der Waals surface area contributed by atoms with Crippen LogP contribution in [0.1, 0.15) is 43.0 Å². The lowest BCUT2D eigenvalue weighted by molar-refractivity contribution is -0.145. The number of nitrogens with zero attached hydrogens (tertiary/aromatic N) is 5. The van der Waals surface area contributed by atoms with Crippen LogP contribution in [-0.2, 0) is 9.53 Å². The second kappa shape index (κ2) is 8.69. The van der Waals surface area contributed by atoms with Crippen molar-refractivity contribution in [2.45, 2.75) is 37.8 Å². The summed E-state index contributed by atoms with van der Waals surface area (Å²) >= 11 is 3.56. The van der Waals surface area contributed by atoms with Crippen LogP contribution in [0.25, 0.3) is 16.8 Å². The predicted molar refractivity (Wildman–Crippen MR) is 123 cm³/mol. The monoisotopic (exact) mass is 516 g/mol. The number of ether oxygens (including phenoxy) is 1. The van der Waals surface area contributed by atoms with Gasteiger partial charge in [0.1, 0.15) is 18.1 Å². The zero-order valence-corrected chi connectivity index (χ0v) is 19.2. The van der Waals surface area contributed by atoms with Crippen molar-refractivity contribution in [1.82, 2.24) is 19.6 Å². The summed E-state index contributed by atoms with van der Waals surface area (Å²) < 4.78 is 21.6. The van der Waals surface area contributed by atoms with Gasteiger partial charge in [-0.3, -0.25) is 4.98 Å². The molecule has 3 N–H and O–H groups in total. The van der Waals surface area contributed by atoms with Gasteiger partial charge in [-0.15, -0.1) is 0 Å². The largest absolute Gasteiger partial charge is 0.479 e. The fourth-order valence-corrected chi connectivity index (χ4v) is 5.12. The van der Waals surface area contributed by atoms with Crippen LogP contribution in [0.4, 0.5) is 10.2 Å². The van der Waals surface area contributed by atoms with Gasteiger partial charge in [0.2, 0.25) is 5.90 Å². The van der Waals surface area contributed by atoms with Gasteiger partial charge in [-0.2, -0.15) is 9.61 Å². The maximum atomic E-state index is 13.9. The van der Waals surface area contributed by atoms with Crippen molar-refractivity contribution in [2.24, 2.45) is 10.9 Å². The molecule has 4 heterocycles. The van der Waals surface area contributed by atoms with Crippen LogP contribution in [0, 0.1) is 5.92 Å². The Bertz CT molecular complexity index is 1240. The minimum Gasteiger partial charge on any atom is -0.479 e. The van der Waals surface area contributed by atoms with Gasteiger partial charge in [0.05, 0.1) is 22.9 Å². The number of anilines is 1. The highest BCUT2D eigenvalue weighted by Gasteiger charge is 2.34. The maximum Gasteiger partial charge on any atom is 0.338 e. The SMILES string of the molecule is Nc1c(Br)c(C2CCC(C(F)C(=O)O)CC2)nc2c(-c3ccc(C4=NCCO4)nc3)cnn12. The van der Waals surface area contributed by atoms with E-state index in [0.29, 0.717) is 66.4 Å². The molecule has 1 aliphatic heterocycles. The van der Waals surface area contributed by atoms with Gasteiger partial charge in [0.15, 0.2) is 11.8 Å². The van der Waals surface area contributed by atoms with E-state index in [1.165, 1.54) is 0 Å². The summed E-state index contributed by atoms with van der Waals surface area (Å²) in [6.07, 6.45) is 3.86. The van der Waals surface area contributed by atoms with E-state index in [1.807, 2.05) is 12.1 Å². The Balaban J connectivity index is 1.45. The number of hydrogen-bond acceptors (Lipinski definition) is 7. The molecule has 3 aromatic heterocycles. The van der Waals surface area contributed by atoms with Crippen molar-refractivity contribution in [3.05, 3.63) is 40.4 Å². The summed E-state index contributed by atoms with van der Waals surface area (Å²) in [6, 6.07) is 3.77. The molecule has 9 nitrogen and oxygen atoms in total. The van der Waals surface area contributed by atoms with Crippen LogP contribution in [-0.4, -0.2) is 55.9 Å². The Morgan fingerprint density at radius 1 is 1.27 bits per heavy atom. The van der Waals surface area contributed by atoms with Crippen LogP contribution in [0.2, 0.25) is 0 Å². The number of carboxylic acid groups (broad SMARTS) is 1. The van der Waals surface area contributed by atoms with E-state index in [9.17, 15) is 9.18 Å². The van der Waals surface area contributed by atoms with Crippen molar-refractivity contribution in [1.29, 1.82) is 0 Å². The van der Waals surface area contributed by atoms with Crippen LogP contribution >= 0.6 is 15.9 Å². The highest BCUT2D eigenvalue weighted by atomic mass is 79.9. The first kappa shape index (κ1) is 21.7. The normalized spacial score (nSPS) is 21.6. The van der Waals surface area contributed by atoms with Gasteiger partial charge in [-0.25, -0.2) is 19.2 Å². The van der Waals surface area contributed by atoms with E-state index in [1.54, 1.807) is 16.9 Å². The fourth-order valence-electron chi connectivity index (χ4n) is 4.54. The molecule has 0 radical (unpaired) electrons. The molecule has 0 amide bonds. The van der Waals surface area contributed by atoms with Crippen molar-refractivity contribution in [3.63, 3.8) is 0 Å². The topological polar surface area (TPSA) is 128 Å². The molecule has 1 atom stereocenters. The Hall–Kier alpha value is -3.08. The molecule has 1 saturated carbocycles. The zero-order valence-electron chi connectivity index (χ0n) is 17.6. The Morgan fingerprint density at radius 3 is 2.70 bits per heavy atom. The molecule has 11 heteroatoms. The minimum absolute atomic E-state index is 0.0460. The summed E-state index contributed by atoms with van der Waals surface area (Å²) in [5.74, 6) is -0.843. The van der Waals surface area contributed by atoms with Gasteiger partial charge in [-0.05, 0) is 47.7 Å². The maximum absolute atomic E-state index is 13.9. The lowest BCUT2D eigenvalue weighted by atomic mass is 9.78. The molecular weight excluding hydrogens is 495 g/mol. The Labute approximate surface area is 197 Å². The first-order valence-electron chi connectivity index (χ1n) is 10.8. The van der Waals surface area contributed by atoms with Gasteiger partial charge in [0.25, 0.3) is 0 Å². The minimum atomic E-state index is -1.83. The number of nitrogens with two attached hydrogens (primary N) is 1. The van der Waals surface area contributed by atoms with Crippen LogP contribution < -0.4 is 5.73 Å². The molecule has 0 saturated heterocycles. The second-order valence-corrected chi connectivity index (χ2v) is 9.10. The molecule has 5 rings (SSSR count). The number of rotatable bonds is 5. The number of aromatic nitrogens is 4. The molecule has 2 aliphatic rings. The number of carbonyl (C=O) groups is 1. The molecule has 1 unspecified atom stereocenters. The van der Waals surface area contributed by atoms with E-state index in [-0.39, 0.29) is 5.92 Å². The van der Waals surface area contributed by atoms with Gasteiger partial charge >= 0.3 is 5.97 Å². The number of halogens is 2. The number of pyridine rings is 1. The zero-order chi connectivity index (χ0) is 23.1. The average Bonchev–Trinajstić information content (AvgIpc) is 3.51. The highest BCUT2D eigenvalue weighted by Crippen LogP contribution is 2.41. The van der Waals surface area contributed by atoms with Crippen molar-refractivity contribution < 1.29 is 19.0 Å².